The van der Waals surface area contributed by atoms with Crippen molar-refractivity contribution < 1.29 is 0 Å². The third-order valence-electron chi connectivity index (χ3n) is 3.92. The van der Waals surface area contributed by atoms with Gasteiger partial charge in [0.05, 0.1) is 6.54 Å². The zero-order valence-electron chi connectivity index (χ0n) is 10.3. The highest BCUT2D eigenvalue weighted by Crippen LogP contribution is 2.13. The first-order chi connectivity index (χ1) is 8.42. The van der Waals surface area contributed by atoms with Crippen molar-refractivity contribution in [3.8, 4) is 0 Å². The Hall–Kier alpha value is -0.940. The van der Waals surface area contributed by atoms with Crippen LogP contribution in [0, 0.1) is 0 Å². The number of nitrogens with zero attached hydrogens (tertiary/aromatic N) is 4. The van der Waals surface area contributed by atoms with Crippen molar-refractivity contribution in [2.75, 3.05) is 19.6 Å². The van der Waals surface area contributed by atoms with Gasteiger partial charge in [0.15, 0.2) is 0 Å². The number of hydrogen-bond acceptors (Lipinski definition) is 4. The van der Waals surface area contributed by atoms with Crippen LogP contribution >= 0.6 is 0 Å². The van der Waals surface area contributed by atoms with Gasteiger partial charge >= 0.3 is 0 Å². The number of aromatic nitrogens is 3. The van der Waals surface area contributed by atoms with Crippen LogP contribution in [-0.4, -0.2) is 45.3 Å². The minimum atomic E-state index is 0.739. The van der Waals surface area contributed by atoms with Crippen molar-refractivity contribution in [2.24, 2.45) is 0 Å². The van der Waals surface area contributed by atoms with Gasteiger partial charge in [-0.3, -0.25) is 4.90 Å². The van der Waals surface area contributed by atoms with Crippen LogP contribution in [0.4, 0.5) is 0 Å². The van der Waals surface area contributed by atoms with E-state index in [0.717, 1.165) is 31.5 Å². The molecule has 0 radical (unpaired) electrons. The lowest BCUT2D eigenvalue weighted by Gasteiger charge is -2.30. The molecule has 1 N–H and O–H groups in total. The first-order valence-electron chi connectivity index (χ1n) is 6.74. The van der Waals surface area contributed by atoms with E-state index in [-0.39, 0.29) is 0 Å². The molecule has 94 valence electrons. The molecule has 0 spiro atoms. The maximum atomic E-state index is 4.16. The Morgan fingerprint density at radius 1 is 1.35 bits per heavy atom. The van der Waals surface area contributed by atoms with E-state index in [2.05, 4.69) is 25.0 Å². The van der Waals surface area contributed by atoms with Gasteiger partial charge in [-0.2, -0.15) is 0 Å². The monoisotopic (exact) mass is 235 g/mol. The zero-order chi connectivity index (χ0) is 11.5. The molecule has 3 rings (SSSR count). The van der Waals surface area contributed by atoms with E-state index in [0.29, 0.717) is 0 Å². The topological polar surface area (TPSA) is 46.0 Å². The van der Waals surface area contributed by atoms with Crippen LogP contribution in [0.2, 0.25) is 0 Å². The summed E-state index contributed by atoms with van der Waals surface area (Å²) in [6.07, 6.45) is 7.21. The second kappa shape index (κ2) is 5.14. The number of piperidine rings is 1. The zero-order valence-corrected chi connectivity index (χ0v) is 10.3. The summed E-state index contributed by atoms with van der Waals surface area (Å²) in [5.41, 5.74) is 0. The molecule has 0 saturated carbocycles. The van der Waals surface area contributed by atoms with Crippen LogP contribution in [0.1, 0.15) is 31.5 Å². The standard InChI is InChI=1S/C12H21N5/c1-2-5-13-11(3-1)4-6-16-7-8-17-10-14-15-12(17)9-16/h10-11,13H,1-9H2. The Kier molecular flexibility index (Phi) is 3.38. The lowest BCUT2D eigenvalue weighted by atomic mass is 10.0. The summed E-state index contributed by atoms with van der Waals surface area (Å²) in [6.45, 7) is 5.54. The lowest BCUT2D eigenvalue weighted by molar-refractivity contribution is 0.200. The molecule has 1 atom stereocenters. The minimum absolute atomic E-state index is 0.739. The maximum absolute atomic E-state index is 4.16. The van der Waals surface area contributed by atoms with Crippen molar-refractivity contribution in [3.05, 3.63) is 12.2 Å². The van der Waals surface area contributed by atoms with Crippen LogP contribution in [0.5, 0.6) is 0 Å². The molecule has 1 aromatic rings. The predicted molar refractivity (Wildman–Crippen MR) is 65.6 cm³/mol. The van der Waals surface area contributed by atoms with Crippen molar-refractivity contribution in [3.63, 3.8) is 0 Å². The molecule has 1 unspecified atom stereocenters. The summed E-state index contributed by atoms with van der Waals surface area (Å²) in [5.74, 6) is 1.12. The van der Waals surface area contributed by atoms with Gasteiger partial charge in [-0.05, 0) is 25.8 Å². The van der Waals surface area contributed by atoms with Crippen LogP contribution < -0.4 is 5.32 Å². The fraction of sp³-hybridized carbons (Fsp3) is 0.833. The van der Waals surface area contributed by atoms with Crippen LogP contribution in [-0.2, 0) is 13.1 Å². The third-order valence-corrected chi connectivity index (χ3v) is 3.92. The molecule has 1 fully saturated rings. The molecule has 1 aromatic heterocycles. The summed E-state index contributed by atoms with van der Waals surface area (Å²) in [7, 11) is 0. The normalized spacial score (nSPS) is 25.8. The van der Waals surface area contributed by atoms with E-state index in [1.54, 1.807) is 0 Å². The number of rotatable bonds is 3. The molecular weight excluding hydrogens is 214 g/mol. The summed E-state index contributed by atoms with van der Waals surface area (Å²) in [5, 5.41) is 11.7. The van der Waals surface area contributed by atoms with Gasteiger partial charge in [-0.25, -0.2) is 0 Å². The Balaban J connectivity index is 1.47. The highest BCUT2D eigenvalue weighted by Gasteiger charge is 2.19. The molecular formula is C12H21N5. The van der Waals surface area contributed by atoms with Crippen LogP contribution in [0.25, 0.3) is 0 Å². The average Bonchev–Trinajstić information content (AvgIpc) is 2.85. The van der Waals surface area contributed by atoms with E-state index in [9.17, 15) is 0 Å². The predicted octanol–water partition coefficient (Wildman–Crippen LogP) is 0.626. The van der Waals surface area contributed by atoms with E-state index in [4.69, 9.17) is 0 Å². The minimum Gasteiger partial charge on any atom is -0.315 e. The number of fused-ring (bicyclic) bond motifs is 1. The fourth-order valence-corrected chi connectivity index (χ4v) is 2.82. The van der Waals surface area contributed by atoms with E-state index < -0.39 is 0 Å². The van der Waals surface area contributed by atoms with Gasteiger partial charge < -0.3 is 9.88 Å². The maximum Gasteiger partial charge on any atom is 0.147 e. The average molecular weight is 235 g/mol. The molecule has 0 amide bonds. The summed E-state index contributed by atoms with van der Waals surface area (Å²) in [6, 6.07) is 0.739. The SMILES string of the molecule is c1nnc2n1CCN(CCC1CCCCN1)C2. The quantitative estimate of drug-likeness (QED) is 0.834. The van der Waals surface area contributed by atoms with Gasteiger partial charge in [0, 0.05) is 25.7 Å². The van der Waals surface area contributed by atoms with Gasteiger partial charge in [0.2, 0.25) is 0 Å². The van der Waals surface area contributed by atoms with Gasteiger partial charge in [0.25, 0.3) is 0 Å². The lowest BCUT2D eigenvalue weighted by Crippen LogP contribution is -2.39. The van der Waals surface area contributed by atoms with Gasteiger partial charge in [-0.15, -0.1) is 10.2 Å². The van der Waals surface area contributed by atoms with E-state index >= 15 is 0 Å². The molecule has 2 aliphatic heterocycles. The second-order valence-corrected chi connectivity index (χ2v) is 5.15. The Morgan fingerprint density at radius 2 is 2.35 bits per heavy atom. The third kappa shape index (κ3) is 2.66. The molecule has 0 aromatic carbocycles. The Bertz CT molecular complexity index is 356. The largest absolute Gasteiger partial charge is 0.315 e. The highest BCUT2D eigenvalue weighted by atomic mass is 15.3. The summed E-state index contributed by atoms with van der Waals surface area (Å²) < 4.78 is 2.16. The Labute approximate surface area is 102 Å². The first-order valence-corrected chi connectivity index (χ1v) is 6.74. The Morgan fingerprint density at radius 3 is 3.24 bits per heavy atom. The molecule has 2 aliphatic rings. The van der Waals surface area contributed by atoms with Crippen molar-refractivity contribution in [1.29, 1.82) is 0 Å². The molecule has 5 heteroatoms. The summed E-state index contributed by atoms with van der Waals surface area (Å²) in [4.78, 5) is 2.50. The fourth-order valence-electron chi connectivity index (χ4n) is 2.82. The first kappa shape index (κ1) is 11.2. The molecule has 1 saturated heterocycles. The van der Waals surface area contributed by atoms with Crippen molar-refractivity contribution in [2.45, 2.75) is 44.8 Å². The molecule has 0 aliphatic carbocycles. The second-order valence-electron chi connectivity index (χ2n) is 5.15. The highest BCUT2D eigenvalue weighted by molar-refractivity contribution is 4.90. The molecule has 3 heterocycles. The molecule has 5 nitrogen and oxygen atoms in total. The molecule has 0 bridgehead atoms. The van der Waals surface area contributed by atoms with Crippen molar-refractivity contribution in [1.82, 2.24) is 25.0 Å². The van der Waals surface area contributed by atoms with E-state index in [1.807, 2.05) is 6.33 Å². The molecule has 17 heavy (non-hydrogen) atoms. The van der Waals surface area contributed by atoms with E-state index in [1.165, 1.54) is 38.8 Å². The summed E-state index contributed by atoms with van der Waals surface area (Å²) >= 11 is 0. The van der Waals surface area contributed by atoms with Crippen LogP contribution in [0.3, 0.4) is 0 Å². The number of hydrogen-bond donors (Lipinski definition) is 1. The van der Waals surface area contributed by atoms with Gasteiger partial charge in [-0.1, -0.05) is 6.42 Å². The smallest absolute Gasteiger partial charge is 0.147 e. The van der Waals surface area contributed by atoms with Gasteiger partial charge in [0.1, 0.15) is 12.2 Å². The van der Waals surface area contributed by atoms with Crippen LogP contribution in [0.15, 0.2) is 6.33 Å². The van der Waals surface area contributed by atoms with Crippen molar-refractivity contribution >= 4 is 0 Å². The number of nitrogens with one attached hydrogen (secondary N) is 1.